The maximum absolute atomic E-state index is 6.10. The summed E-state index contributed by atoms with van der Waals surface area (Å²) < 4.78 is 12.0. The molecular formula is C15H14ClNO2S. The first-order valence-electron chi connectivity index (χ1n) is 6.74. The number of hydrogen-bond donors (Lipinski definition) is 1. The summed E-state index contributed by atoms with van der Waals surface area (Å²) in [5.41, 5.74) is 2.41. The van der Waals surface area contributed by atoms with Gasteiger partial charge in [-0.25, -0.2) is 0 Å². The monoisotopic (exact) mass is 307 g/mol. The van der Waals surface area contributed by atoms with Gasteiger partial charge in [-0.3, -0.25) is 0 Å². The van der Waals surface area contributed by atoms with Crippen molar-refractivity contribution in [1.82, 2.24) is 0 Å². The van der Waals surface area contributed by atoms with E-state index in [2.05, 4.69) is 11.4 Å². The molecule has 1 aromatic carbocycles. The van der Waals surface area contributed by atoms with Crippen LogP contribution >= 0.6 is 22.9 Å². The van der Waals surface area contributed by atoms with Crippen LogP contribution in [0, 0.1) is 0 Å². The molecular weight excluding hydrogens is 294 g/mol. The lowest BCUT2D eigenvalue weighted by Gasteiger charge is -2.20. The third-order valence-corrected chi connectivity index (χ3v) is 5.07. The Bertz CT molecular complexity index is 655. The number of halogens is 1. The van der Waals surface area contributed by atoms with Crippen LogP contribution in [0.4, 0.5) is 5.69 Å². The van der Waals surface area contributed by atoms with E-state index in [4.69, 9.17) is 21.1 Å². The van der Waals surface area contributed by atoms with Crippen molar-refractivity contribution >= 4 is 28.6 Å². The van der Waals surface area contributed by atoms with Crippen molar-refractivity contribution in [2.75, 3.05) is 18.5 Å². The highest BCUT2D eigenvalue weighted by Crippen LogP contribution is 2.42. The van der Waals surface area contributed by atoms with Gasteiger partial charge in [0.25, 0.3) is 0 Å². The molecule has 0 spiro atoms. The Hall–Kier alpha value is -1.39. The molecule has 1 unspecified atom stereocenters. The Balaban J connectivity index is 1.57. The van der Waals surface area contributed by atoms with E-state index in [1.807, 2.05) is 18.2 Å². The minimum atomic E-state index is 0.344. The van der Waals surface area contributed by atoms with E-state index < -0.39 is 0 Å². The zero-order valence-electron chi connectivity index (χ0n) is 10.8. The Morgan fingerprint density at radius 3 is 2.90 bits per heavy atom. The summed E-state index contributed by atoms with van der Waals surface area (Å²) in [6.07, 6.45) is 2.22. The number of fused-ring (bicyclic) bond motifs is 2. The largest absolute Gasteiger partial charge is 0.486 e. The molecule has 1 atom stereocenters. The predicted octanol–water partition coefficient (Wildman–Crippen LogP) is 4.27. The minimum absolute atomic E-state index is 0.344. The smallest absolute Gasteiger partial charge is 0.163 e. The van der Waals surface area contributed by atoms with Crippen LogP contribution < -0.4 is 14.8 Å². The van der Waals surface area contributed by atoms with Crippen LogP contribution in [0.2, 0.25) is 4.34 Å². The zero-order chi connectivity index (χ0) is 13.5. The quantitative estimate of drug-likeness (QED) is 0.898. The standard InChI is InChI=1S/C15H14ClNO2S/c16-15-8-10-11(2-4-14(10)20-15)17-9-1-3-12-13(7-9)19-6-5-18-12/h1,3,7-8,11,17H,2,4-6H2. The predicted molar refractivity (Wildman–Crippen MR) is 81.4 cm³/mol. The number of rotatable bonds is 2. The number of thiophene rings is 1. The van der Waals surface area contributed by atoms with Gasteiger partial charge in [0.15, 0.2) is 11.5 Å². The van der Waals surface area contributed by atoms with E-state index in [9.17, 15) is 0 Å². The second kappa shape index (κ2) is 4.86. The van der Waals surface area contributed by atoms with E-state index in [-0.39, 0.29) is 0 Å². The molecule has 0 bridgehead atoms. The van der Waals surface area contributed by atoms with Gasteiger partial charge in [-0.05, 0) is 36.6 Å². The molecule has 2 heterocycles. The van der Waals surface area contributed by atoms with Crippen molar-refractivity contribution in [3.63, 3.8) is 0 Å². The topological polar surface area (TPSA) is 30.5 Å². The summed E-state index contributed by atoms with van der Waals surface area (Å²) >= 11 is 7.79. The fraction of sp³-hybridized carbons (Fsp3) is 0.333. The lowest BCUT2D eigenvalue weighted by atomic mass is 10.1. The summed E-state index contributed by atoms with van der Waals surface area (Å²) in [5, 5.41) is 3.57. The van der Waals surface area contributed by atoms with Crippen LogP contribution in [0.25, 0.3) is 0 Å². The number of hydrogen-bond acceptors (Lipinski definition) is 4. The zero-order valence-corrected chi connectivity index (χ0v) is 12.4. The maximum Gasteiger partial charge on any atom is 0.163 e. The van der Waals surface area contributed by atoms with Crippen molar-refractivity contribution in [2.45, 2.75) is 18.9 Å². The molecule has 104 valence electrons. The Kier molecular flexibility index (Phi) is 3.00. The molecule has 0 fully saturated rings. The van der Waals surface area contributed by atoms with Gasteiger partial charge in [0.05, 0.1) is 10.4 Å². The van der Waals surface area contributed by atoms with Crippen LogP contribution in [0.5, 0.6) is 11.5 Å². The molecule has 20 heavy (non-hydrogen) atoms. The normalized spacial score (nSPS) is 19.8. The highest BCUT2D eigenvalue weighted by atomic mass is 35.5. The summed E-state index contributed by atoms with van der Waals surface area (Å²) in [5.74, 6) is 1.65. The first-order valence-corrected chi connectivity index (χ1v) is 7.93. The van der Waals surface area contributed by atoms with Crippen molar-refractivity contribution in [3.8, 4) is 11.5 Å². The Morgan fingerprint density at radius 1 is 1.15 bits per heavy atom. The van der Waals surface area contributed by atoms with Crippen LogP contribution in [0.3, 0.4) is 0 Å². The Labute approximate surface area is 126 Å². The number of nitrogens with one attached hydrogen (secondary N) is 1. The molecule has 2 aromatic rings. The minimum Gasteiger partial charge on any atom is -0.486 e. The second-order valence-electron chi connectivity index (χ2n) is 5.02. The van der Waals surface area contributed by atoms with Crippen LogP contribution in [-0.2, 0) is 6.42 Å². The van der Waals surface area contributed by atoms with Gasteiger partial charge in [0.2, 0.25) is 0 Å². The number of ether oxygens (including phenoxy) is 2. The van der Waals surface area contributed by atoms with Crippen LogP contribution in [0.1, 0.15) is 22.9 Å². The average molecular weight is 308 g/mol. The van der Waals surface area contributed by atoms with Gasteiger partial charge in [0, 0.05) is 16.6 Å². The van der Waals surface area contributed by atoms with Crippen LogP contribution in [-0.4, -0.2) is 13.2 Å². The lowest BCUT2D eigenvalue weighted by molar-refractivity contribution is 0.171. The fourth-order valence-electron chi connectivity index (χ4n) is 2.81. The van der Waals surface area contributed by atoms with Gasteiger partial charge < -0.3 is 14.8 Å². The number of benzene rings is 1. The van der Waals surface area contributed by atoms with Crippen molar-refractivity contribution < 1.29 is 9.47 Å². The van der Waals surface area contributed by atoms with Gasteiger partial charge in [0.1, 0.15) is 13.2 Å². The summed E-state index contributed by atoms with van der Waals surface area (Å²) in [4.78, 5) is 1.41. The highest BCUT2D eigenvalue weighted by Gasteiger charge is 2.25. The molecule has 4 rings (SSSR count). The van der Waals surface area contributed by atoms with Crippen molar-refractivity contribution in [3.05, 3.63) is 39.0 Å². The van der Waals surface area contributed by atoms with E-state index in [0.717, 1.165) is 34.4 Å². The Morgan fingerprint density at radius 2 is 2.00 bits per heavy atom. The average Bonchev–Trinajstić information content (AvgIpc) is 2.99. The molecule has 1 aromatic heterocycles. The molecule has 0 saturated carbocycles. The molecule has 2 aliphatic rings. The summed E-state index contributed by atoms with van der Waals surface area (Å²) in [6, 6.07) is 8.45. The highest BCUT2D eigenvalue weighted by molar-refractivity contribution is 7.16. The van der Waals surface area contributed by atoms with Gasteiger partial charge >= 0.3 is 0 Å². The lowest BCUT2D eigenvalue weighted by Crippen LogP contribution is -2.15. The maximum atomic E-state index is 6.10. The first kappa shape index (κ1) is 12.4. The van der Waals surface area contributed by atoms with Crippen molar-refractivity contribution in [2.24, 2.45) is 0 Å². The van der Waals surface area contributed by atoms with Crippen LogP contribution in [0.15, 0.2) is 24.3 Å². The molecule has 5 heteroatoms. The molecule has 3 nitrogen and oxygen atoms in total. The van der Waals surface area contributed by atoms with E-state index >= 15 is 0 Å². The molecule has 1 aliphatic carbocycles. The number of anilines is 1. The van der Waals surface area contributed by atoms with E-state index in [1.165, 1.54) is 10.4 Å². The van der Waals surface area contributed by atoms with E-state index in [1.54, 1.807) is 11.3 Å². The first-order chi connectivity index (χ1) is 9.79. The van der Waals surface area contributed by atoms with Gasteiger partial charge in [-0.2, -0.15) is 0 Å². The fourth-order valence-corrected chi connectivity index (χ4v) is 4.17. The summed E-state index contributed by atoms with van der Waals surface area (Å²) in [7, 11) is 0. The van der Waals surface area contributed by atoms with Crippen molar-refractivity contribution in [1.29, 1.82) is 0 Å². The number of aryl methyl sites for hydroxylation is 1. The van der Waals surface area contributed by atoms with Gasteiger partial charge in [-0.1, -0.05) is 11.6 Å². The third kappa shape index (κ3) is 2.13. The van der Waals surface area contributed by atoms with Gasteiger partial charge in [-0.15, -0.1) is 11.3 Å². The summed E-state index contributed by atoms with van der Waals surface area (Å²) in [6.45, 7) is 1.24. The molecule has 1 N–H and O–H groups in total. The molecule has 1 aliphatic heterocycles. The SMILES string of the molecule is Clc1cc2c(s1)CCC2Nc1ccc2c(c1)OCCO2. The molecule has 0 saturated heterocycles. The molecule has 0 radical (unpaired) electrons. The van der Waals surface area contributed by atoms with E-state index in [0.29, 0.717) is 19.3 Å². The second-order valence-corrected chi connectivity index (χ2v) is 6.79. The third-order valence-electron chi connectivity index (χ3n) is 3.73. The molecule has 0 amide bonds.